The summed E-state index contributed by atoms with van der Waals surface area (Å²) in [6, 6.07) is 11.4. The maximum absolute atomic E-state index is 14.2. The smallest absolute Gasteiger partial charge is 0.419 e. The molecule has 5 nitrogen and oxygen atoms in total. The Bertz CT molecular complexity index is 1420. The summed E-state index contributed by atoms with van der Waals surface area (Å²) in [6.45, 7) is 3.60. The lowest BCUT2D eigenvalue weighted by molar-refractivity contribution is -0.138. The van der Waals surface area contributed by atoms with Crippen LogP contribution in [0.3, 0.4) is 0 Å². The maximum atomic E-state index is 14.2. The van der Waals surface area contributed by atoms with Gasteiger partial charge in [0.25, 0.3) is 0 Å². The summed E-state index contributed by atoms with van der Waals surface area (Å²) >= 11 is 0. The predicted octanol–water partition coefficient (Wildman–Crippen LogP) is 7.22. The van der Waals surface area contributed by atoms with Gasteiger partial charge >= 0.3 is 18.3 Å². The lowest BCUT2D eigenvalue weighted by atomic mass is 10.0. The van der Waals surface area contributed by atoms with E-state index in [1.165, 1.54) is 36.4 Å². The van der Waals surface area contributed by atoms with E-state index in [0.717, 1.165) is 22.8 Å². The van der Waals surface area contributed by atoms with Crippen molar-refractivity contribution >= 4 is 16.9 Å². The number of pyridine rings is 1. The maximum Gasteiger partial charge on any atom is 0.419 e. The molecule has 0 saturated carbocycles. The molecule has 11 heteroatoms. The van der Waals surface area contributed by atoms with E-state index in [2.05, 4.69) is 4.98 Å². The van der Waals surface area contributed by atoms with Gasteiger partial charge in [0.1, 0.15) is 11.4 Å². The minimum absolute atomic E-state index is 0.00200. The number of nitrogens with zero attached hydrogens (tertiary/aromatic N) is 2. The fourth-order valence-electron chi connectivity index (χ4n) is 3.89. The van der Waals surface area contributed by atoms with Crippen LogP contribution in [0.2, 0.25) is 0 Å². The first-order valence-electron chi connectivity index (χ1n) is 10.6. The van der Waals surface area contributed by atoms with Crippen molar-refractivity contribution in [1.82, 2.24) is 9.55 Å². The van der Waals surface area contributed by atoms with Crippen LogP contribution in [0, 0.1) is 0 Å². The van der Waals surface area contributed by atoms with Crippen LogP contribution in [0.5, 0.6) is 5.75 Å². The number of carbonyl (C=O) groups is 1. The number of alkyl halides is 6. The molecule has 188 valence electrons. The zero-order chi connectivity index (χ0) is 26.4. The Morgan fingerprint density at radius 2 is 1.61 bits per heavy atom. The second kappa shape index (κ2) is 8.89. The summed E-state index contributed by atoms with van der Waals surface area (Å²) in [5.74, 6) is -1.34. The molecule has 0 spiro atoms. The van der Waals surface area contributed by atoms with E-state index < -0.39 is 40.5 Å². The van der Waals surface area contributed by atoms with Gasteiger partial charge in [-0.15, -0.1) is 0 Å². The van der Waals surface area contributed by atoms with E-state index in [1.807, 2.05) is 0 Å². The fourth-order valence-corrected chi connectivity index (χ4v) is 3.89. The van der Waals surface area contributed by atoms with Crippen LogP contribution in [0.15, 0.2) is 60.8 Å². The summed E-state index contributed by atoms with van der Waals surface area (Å²) in [7, 11) is 0. The number of hydrogen-bond donors (Lipinski definition) is 1. The highest BCUT2D eigenvalue weighted by Gasteiger charge is 2.41. The molecule has 0 aliphatic carbocycles. The van der Waals surface area contributed by atoms with Crippen molar-refractivity contribution in [3.63, 3.8) is 0 Å². The summed E-state index contributed by atoms with van der Waals surface area (Å²) in [5.41, 5.74) is -3.17. The van der Waals surface area contributed by atoms with Gasteiger partial charge in [0.05, 0.1) is 28.4 Å². The number of rotatable bonds is 5. The number of hydrogen-bond acceptors (Lipinski definition) is 3. The molecule has 0 fully saturated rings. The first-order valence-corrected chi connectivity index (χ1v) is 10.6. The fraction of sp³-hybridized carbons (Fsp3) is 0.200. The highest BCUT2D eigenvalue weighted by molar-refractivity contribution is 6.01. The van der Waals surface area contributed by atoms with Crippen LogP contribution in [0.25, 0.3) is 27.8 Å². The third-order valence-corrected chi connectivity index (χ3v) is 5.31. The van der Waals surface area contributed by atoms with Gasteiger partial charge in [-0.25, -0.2) is 4.79 Å². The minimum Gasteiger partial charge on any atom is -0.491 e. The highest BCUT2D eigenvalue weighted by atomic mass is 19.4. The molecule has 2 heterocycles. The highest BCUT2D eigenvalue weighted by Crippen LogP contribution is 2.42. The molecule has 0 unspecified atom stereocenters. The number of carboxylic acid groups (broad SMARTS) is 1. The van der Waals surface area contributed by atoms with Crippen molar-refractivity contribution in [1.29, 1.82) is 0 Å². The number of aromatic nitrogens is 2. The zero-order valence-corrected chi connectivity index (χ0v) is 18.8. The molecule has 0 aliphatic rings. The summed E-state index contributed by atoms with van der Waals surface area (Å²) in [4.78, 5) is 15.8. The third kappa shape index (κ3) is 4.73. The van der Waals surface area contributed by atoms with Crippen LogP contribution >= 0.6 is 0 Å². The van der Waals surface area contributed by atoms with Crippen molar-refractivity contribution in [2.75, 3.05) is 0 Å². The number of fused-ring (bicyclic) bond motifs is 1. The lowest BCUT2D eigenvalue weighted by Gasteiger charge is -2.13. The molecule has 2 aromatic heterocycles. The summed E-state index contributed by atoms with van der Waals surface area (Å²) < 4.78 is 87.5. The molecule has 4 aromatic rings. The minimum atomic E-state index is -5.04. The average Bonchev–Trinajstić information content (AvgIpc) is 3.14. The number of ether oxygens (including phenoxy) is 1. The third-order valence-electron chi connectivity index (χ3n) is 5.31. The number of benzene rings is 2. The largest absolute Gasteiger partial charge is 0.491 e. The molecule has 0 aliphatic heterocycles. The van der Waals surface area contributed by atoms with Crippen molar-refractivity contribution in [2.45, 2.75) is 32.3 Å². The van der Waals surface area contributed by atoms with Crippen LogP contribution in [0.4, 0.5) is 26.3 Å². The van der Waals surface area contributed by atoms with Crippen molar-refractivity contribution < 1.29 is 41.0 Å². The van der Waals surface area contributed by atoms with Crippen molar-refractivity contribution in [3.8, 4) is 22.7 Å². The average molecular weight is 508 g/mol. The van der Waals surface area contributed by atoms with E-state index in [0.29, 0.717) is 11.9 Å². The molecule has 0 atom stereocenters. The molecule has 4 rings (SSSR count). The number of carboxylic acids is 1. The van der Waals surface area contributed by atoms with Crippen LogP contribution in [-0.2, 0) is 12.4 Å². The van der Waals surface area contributed by atoms with E-state index >= 15 is 0 Å². The Morgan fingerprint density at radius 1 is 0.944 bits per heavy atom. The SMILES string of the molecule is CC(C)Oc1ccc(-n2c(C(=O)O)c(C(F)(F)F)c3cc(-c4ccc(C(F)(F)F)cn4)ccc32)cc1. The molecular weight excluding hydrogens is 490 g/mol. The monoisotopic (exact) mass is 508 g/mol. The van der Waals surface area contributed by atoms with Crippen LogP contribution in [-0.4, -0.2) is 26.7 Å². The molecule has 1 N–H and O–H groups in total. The molecule has 2 aromatic carbocycles. The van der Waals surface area contributed by atoms with E-state index in [-0.39, 0.29) is 28.6 Å². The van der Waals surface area contributed by atoms with Gasteiger partial charge < -0.3 is 14.4 Å². The van der Waals surface area contributed by atoms with Crippen molar-refractivity contribution in [2.24, 2.45) is 0 Å². The molecule has 0 bridgehead atoms. The Balaban J connectivity index is 1.94. The van der Waals surface area contributed by atoms with Gasteiger partial charge in [0, 0.05) is 22.8 Å². The molecule has 0 radical (unpaired) electrons. The molecule has 0 amide bonds. The number of aromatic carboxylic acids is 1. The van der Waals surface area contributed by atoms with Gasteiger partial charge in [0.15, 0.2) is 0 Å². The van der Waals surface area contributed by atoms with Crippen LogP contribution < -0.4 is 4.74 Å². The Morgan fingerprint density at radius 3 is 2.11 bits per heavy atom. The quantitative estimate of drug-likeness (QED) is 0.289. The van der Waals surface area contributed by atoms with E-state index in [1.54, 1.807) is 13.8 Å². The van der Waals surface area contributed by atoms with Gasteiger partial charge in [-0.05, 0) is 62.4 Å². The van der Waals surface area contributed by atoms with E-state index in [9.17, 15) is 36.2 Å². The molecule has 0 saturated heterocycles. The Hall–Kier alpha value is -4.02. The van der Waals surface area contributed by atoms with Gasteiger partial charge in [-0.2, -0.15) is 26.3 Å². The second-order valence-electron chi connectivity index (χ2n) is 8.18. The summed E-state index contributed by atoms with van der Waals surface area (Å²) in [6.07, 6.45) is -9.22. The standard InChI is InChI=1S/C25H18F6N2O3/c1-13(2)36-17-7-5-16(6-8-17)33-20-10-3-14(19-9-4-15(12-32-19)24(26,27)28)11-18(20)21(25(29,30)31)22(33)23(34)35/h3-13H,1-2H3,(H,34,35). The number of halogens is 6. The first kappa shape index (κ1) is 25.1. The van der Waals surface area contributed by atoms with Gasteiger partial charge in [-0.3, -0.25) is 4.98 Å². The first-order chi connectivity index (χ1) is 16.8. The van der Waals surface area contributed by atoms with Crippen molar-refractivity contribution in [3.05, 3.63) is 77.6 Å². The Labute approximate surface area is 200 Å². The zero-order valence-electron chi connectivity index (χ0n) is 18.8. The van der Waals surface area contributed by atoms with Crippen LogP contribution in [0.1, 0.15) is 35.5 Å². The lowest BCUT2D eigenvalue weighted by Crippen LogP contribution is -2.15. The second-order valence-corrected chi connectivity index (χ2v) is 8.18. The normalized spacial score (nSPS) is 12.4. The Kier molecular flexibility index (Phi) is 6.19. The van der Waals surface area contributed by atoms with Gasteiger partial charge in [0.2, 0.25) is 0 Å². The predicted molar refractivity (Wildman–Crippen MR) is 119 cm³/mol. The topological polar surface area (TPSA) is 64.3 Å². The summed E-state index contributed by atoms with van der Waals surface area (Å²) in [5, 5.41) is 9.35. The molecular formula is C25H18F6N2O3. The molecule has 36 heavy (non-hydrogen) atoms. The van der Waals surface area contributed by atoms with E-state index in [4.69, 9.17) is 4.74 Å². The van der Waals surface area contributed by atoms with Gasteiger partial charge in [-0.1, -0.05) is 6.07 Å².